The van der Waals surface area contributed by atoms with Crippen molar-refractivity contribution >= 4 is 5.91 Å². The van der Waals surface area contributed by atoms with Gasteiger partial charge in [-0.1, -0.05) is 26.2 Å². The fraction of sp³-hybridized carbons (Fsp3) is 0.923. The van der Waals surface area contributed by atoms with Gasteiger partial charge in [-0.25, -0.2) is 0 Å². The van der Waals surface area contributed by atoms with Crippen LogP contribution in [0, 0.1) is 0 Å². The lowest BCUT2D eigenvalue weighted by molar-refractivity contribution is -0.121. The zero-order valence-corrected chi connectivity index (χ0v) is 10.5. The molecule has 0 radical (unpaired) electrons. The van der Waals surface area contributed by atoms with Gasteiger partial charge in [0.05, 0.1) is 6.10 Å². The van der Waals surface area contributed by atoms with Gasteiger partial charge in [0.25, 0.3) is 0 Å². The predicted molar refractivity (Wildman–Crippen MR) is 65.4 cm³/mol. The molecule has 1 aliphatic rings. The van der Waals surface area contributed by atoms with Gasteiger partial charge in [-0.2, -0.15) is 0 Å². The summed E-state index contributed by atoms with van der Waals surface area (Å²) in [6.07, 6.45) is 9.44. The molecule has 0 atom stereocenters. The molecule has 0 aromatic rings. The quantitative estimate of drug-likeness (QED) is 0.679. The molecule has 0 bridgehead atoms. The maximum absolute atomic E-state index is 11.2. The van der Waals surface area contributed by atoms with Gasteiger partial charge in [-0.05, 0) is 25.7 Å². The van der Waals surface area contributed by atoms with Crippen LogP contribution in [0.25, 0.3) is 0 Å². The van der Waals surface area contributed by atoms with Gasteiger partial charge in [-0.15, -0.1) is 0 Å². The van der Waals surface area contributed by atoms with E-state index in [1.807, 2.05) is 6.92 Å². The minimum atomic E-state index is 0.167. The number of rotatable bonds is 7. The van der Waals surface area contributed by atoms with E-state index in [4.69, 9.17) is 4.74 Å². The molecule has 1 aliphatic carbocycles. The Morgan fingerprint density at radius 2 is 2.06 bits per heavy atom. The molecule has 1 rings (SSSR count). The van der Waals surface area contributed by atoms with Gasteiger partial charge in [0.15, 0.2) is 0 Å². The second kappa shape index (κ2) is 8.57. The van der Waals surface area contributed by atoms with Gasteiger partial charge in [0.1, 0.15) is 0 Å². The third-order valence-electron chi connectivity index (χ3n) is 3.03. The maximum Gasteiger partial charge on any atom is 0.219 e. The summed E-state index contributed by atoms with van der Waals surface area (Å²) in [5.74, 6) is 0.167. The highest BCUT2D eigenvalue weighted by atomic mass is 16.5. The highest BCUT2D eigenvalue weighted by Crippen LogP contribution is 2.20. The molecule has 0 aromatic heterocycles. The van der Waals surface area contributed by atoms with Gasteiger partial charge < -0.3 is 10.1 Å². The largest absolute Gasteiger partial charge is 0.378 e. The lowest BCUT2D eigenvalue weighted by Gasteiger charge is -2.21. The van der Waals surface area contributed by atoms with Crippen LogP contribution in [0.4, 0.5) is 0 Å². The molecule has 1 fully saturated rings. The van der Waals surface area contributed by atoms with Gasteiger partial charge in [0, 0.05) is 19.6 Å². The Hall–Kier alpha value is -0.570. The molecule has 1 saturated carbocycles. The number of hydrogen-bond acceptors (Lipinski definition) is 2. The van der Waals surface area contributed by atoms with E-state index in [1.54, 1.807) is 0 Å². The summed E-state index contributed by atoms with van der Waals surface area (Å²) in [5.41, 5.74) is 0. The van der Waals surface area contributed by atoms with Crippen LogP contribution in [-0.4, -0.2) is 25.2 Å². The highest BCUT2D eigenvalue weighted by molar-refractivity contribution is 5.75. The predicted octanol–water partition coefficient (Wildman–Crippen LogP) is 2.64. The summed E-state index contributed by atoms with van der Waals surface area (Å²) < 4.78 is 5.77. The first-order valence-corrected chi connectivity index (χ1v) is 6.71. The Balaban J connectivity index is 1.89. The number of nitrogens with one attached hydrogen (secondary N) is 1. The minimum absolute atomic E-state index is 0.167. The summed E-state index contributed by atoms with van der Waals surface area (Å²) in [7, 11) is 0. The van der Waals surface area contributed by atoms with Crippen molar-refractivity contribution < 1.29 is 9.53 Å². The highest BCUT2D eigenvalue weighted by Gasteiger charge is 2.12. The third kappa shape index (κ3) is 6.11. The van der Waals surface area contributed by atoms with Crippen molar-refractivity contribution in [3.05, 3.63) is 0 Å². The van der Waals surface area contributed by atoms with Crippen LogP contribution < -0.4 is 5.32 Å². The summed E-state index contributed by atoms with van der Waals surface area (Å²) in [5, 5.41) is 2.90. The molecule has 0 aliphatic heterocycles. The van der Waals surface area contributed by atoms with Crippen LogP contribution >= 0.6 is 0 Å². The topological polar surface area (TPSA) is 38.3 Å². The fourth-order valence-electron chi connectivity index (χ4n) is 2.10. The molecule has 3 nitrogen and oxygen atoms in total. The normalized spacial score (nSPS) is 17.3. The van der Waals surface area contributed by atoms with Crippen molar-refractivity contribution in [2.45, 2.75) is 64.4 Å². The molecule has 0 aromatic carbocycles. The van der Waals surface area contributed by atoms with E-state index in [-0.39, 0.29) is 5.91 Å². The van der Waals surface area contributed by atoms with Crippen LogP contribution in [0.2, 0.25) is 0 Å². The van der Waals surface area contributed by atoms with Crippen LogP contribution in [-0.2, 0) is 9.53 Å². The summed E-state index contributed by atoms with van der Waals surface area (Å²) in [4.78, 5) is 11.2. The van der Waals surface area contributed by atoms with E-state index >= 15 is 0 Å². The van der Waals surface area contributed by atoms with Gasteiger partial charge >= 0.3 is 0 Å². The van der Waals surface area contributed by atoms with Crippen LogP contribution in [0.1, 0.15) is 58.3 Å². The van der Waals surface area contributed by atoms with E-state index in [2.05, 4.69) is 5.32 Å². The number of amides is 1. The Morgan fingerprint density at radius 1 is 1.31 bits per heavy atom. The second-order valence-corrected chi connectivity index (χ2v) is 4.58. The fourth-order valence-corrected chi connectivity index (χ4v) is 2.10. The third-order valence-corrected chi connectivity index (χ3v) is 3.03. The number of carbonyl (C=O) groups excluding carboxylic acids is 1. The summed E-state index contributed by atoms with van der Waals surface area (Å²) in [6, 6.07) is 0. The first-order valence-electron chi connectivity index (χ1n) is 6.71. The van der Waals surface area contributed by atoms with Gasteiger partial charge in [-0.3, -0.25) is 4.79 Å². The molecule has 0 heterocycles. The smallest absolute Gasteiger partial charge is 0.219 e. The number of ether oxygens (including phenoxy) is 1. The Kier molecular flexibility index (Phi) is 7.23. The van der Waals surface area contributed by atoms with Crippen LogP contribution in [0.15, 0.2) is 0 Å². The standard InChI is InChI=1S/C13H25NO2/c1-2-7-13(15)14-10-6-11-16-12-8-4-3-5-9-12/h12H,2-11H2,1H3,(H,14,15). The summed E-state index contributed by atoms with van der Waals surface area (Å²) >= 11 is 0. The van der Waals surface area contributed by atoms with Crippen LogP contribution in [0.5, 0.6) is 0 Å². The van der Waals surface area contributed by atoms with Crippen molar-refractivity contribution in [2.75, 3.05) is 13.2 Å². The Labute approximate surface area is 98.9 Å². The summed E-state index contributed by atoms with van der Waals surface area (Å²) in [6.45, 7) is 3.56. The van der Waals surface area contributed by atoms with Crippen molar-refractivity contribution in [3.8, 4) is 0 Å². The van der Waals surface area contributed by atoms with Crippen LogP contribution in [0.3, 0.4) is 0 Å². The molecular weight excluding hydrogens is 202 g/mol. The minimum Gasteiger partial charge on any atom is -0.378 e. The Bertz CT molecular complexity index is 188. The van der Waals surface area contributed by atoms with Crippen molar-refractivity contribution in [1.29, 1.82) is 0 Å². The first-order chi connectivity index (χ1) is 7.83. The van der Waals surface area contributed by atoms with E-state index in [1.165, 1.54) is 32.1 Å². The molecule has 94 valence electrons. The van der Waals surface area contributed by atoms with Crippen molar-refractivity contribution in [3.63, 3.8) is 0 Å². The molecule has 3 heteroatoms. The zero-order valence-electron chi connectivity index (χ0n) is 10.5. The number of carbonyl (C=O) groups is 1. The van der Waals surface area contributed by atoms with E-state index < -0.39 is 0 Å². The molecule has 0 unspecified atom stereocenters. The SMILES string of the molecule is CCCC(=O)NCCCOC1CCCCC1. The zero-order chi connectivity index (χ0) is 11.6. The molecule has 1 amide bonds. The molecule has 1 N–H and O–H groups in total. The van der Waals surface area contributed by atoms with E-state index in [9.17, 15) is 4.79 Å². The monoisotopic (exact) mass is 227 g/mol. The van der Waals surface area contributed by atoms with Gasteiger partial charge in [0.2, 0.25) is 5.91 Å². The average molecular weight is 227 g/mol. The first kappa shape index (κ1) is 13.5. The van der Waals surface area contributed by atoms with E-state index in [0.29, 0.717) is 12.5 Å². The molecular formula is C13H25NO2. The molecule has 0 saturated heterocycles. The number of hydrogen-bond donors (Lipinski definition) is 1. The van der Waals surface area contributed by atoms with E-state index in [0.717, 1.165) is 26.0 Å². The lowest BCUT2D eigenvalue weighted by Crippen LogP contribution is -2.25. The maximum atomic E-state index is 11.2. The lowest BCUT2D eigenvalue weighted by atomic mass is 9.98. The molecule has 16 heavy (non-hydrogen) atoms. The Morgan fingerprint density at radius 3 is 2.75 bits per heavy atom. The van der Waals surface area contributed by atoms with Crippen molar-refractivity contribution in [2.24, 2.45) is 0 Å². The molecule has 0 spiro atoms. The van der Waals surface area contributed by atoms with Crippen molar-refractivity contribution in [1.82, 2.24) is 5.32 Å². The average Bonchev–Trinajstić information content (AvgIpc) is 2.30. The second-order valence-electron chi connectivity index (χ2n) is 4.58.